The van der Waals surface area contributed by atoms with E-state index < -0.39 is 80.0 Å². The van der Waals surface area contributed by atoms with Crippen molar-refractivity contribution < 1.29 is 39.9 Å². The van der Waals surface area contributed by atoms with Gasteiger partial charge >= 0.3 is 6.03 Å². The minimum absolute atomic E-state index is 0.444. The lowest BCUT2D eigenvalue weighted by molar-refractivity contribution is -0.140. The van der Waals surface area contributed by atoms with Crippen LogP contribution in [0.15, 0.2) is 0 Å². The van der Waals surface area contributed by atoms with Gasteiger partial charge in [0.2, 0.25) is 5.91 Å². The Hall–Kier alpha value is -2.07. The van der Waals surface area contributed by atoms with Crippen LogP contribution in [0.2, 0.25) is 0 Å². The van der Waals surface area contributed by atoms with Crippen molar-refractivity contribution in [3.8, 4) is 0 Å². The lowest BCUT2D eigenvalue weighted by Crippen LogP contribution is -2.59. The summed E-state index contributed by atoms with van der Waals surface area (Å²) in [6, 6.07) is -5.06. The highest BCUT2D eigenvalue weighted by Gasteiger charge is 2.35. The van der Waals surface area contributed by atoms with Gasteiger partial charge in [-0.1, -0.05) is 0 Å². The second kappa shape index (κ2) is 11.6. The van der Waals surface area contributed by atoms with Crippen molar-refractivity contribution in [3.05, 3.63) is 0 Å². The molecule has 0 aromatic rings. The number of hydrogen-bond donors (Lipinski definition) is 11. The average molecular weight is 396 g/mol. The van der Waals surface area contributed by atoms with Gasteiger partial charge < -0.3 is 59.1 Å². The number of rotatable bonds is 12. The third-order valence-corrected chi connectivity index (χ3v) is 3.76. The first-order valence-electron chi connectivity index (χ1n) is 7.89. The Morgan fingerprint density at radius 2 is 1.52 bits per heavy atom. The van der Waals surface area contributed by atoms with Crippen molar-refractivity contribution in [2.24, 2.45) is 22.9 Å². The number of nitrogens with two attached hydrogens (primary N) is 4. The lowest BCUT2D eigenvalue weighted by atomic mass is 9.94. The van der Waals surface area contributed by atoms with Crippen molar-refractivity contribution in [2.75, 3.05) is 13.2 Å². The van der Waals surface area contributed by atoms with Crippen molar-refractivity contribution in [3.63, 3.8) is 0 Å². The summed E-state index contributed by atoms with van der Waals surface area (Å²) in [4.78, 5) is 33.8. The molecule has 0 fully saturated rings. The molecule has 0 saturated carbocycles. The first kappa shape index (κ1) is 24.9. The standard InChI is InChI=1S/C13H28N6O8/c14-4(3-20)6(21)1-7(22)8(15)9(23)10(24)12(26)19-5(11(16)25)2-18-13(17)27/h4-10,20-24H,1-3,14-15H2,(H2,16,25)(H,19,26)(H3,17,18,27)/t4-,5+,6+,7-,8-,9-,10+/m0/s1. The van der Waals surface area contributed by atoms with Gasteiger partial charge in [0.1, 0.15) is 12.1 Å². The van der Waals surface area contributed by atoms with Gasteiger partial charge in [-0.25, -0.2) is 4.79 Å². The molecule has 14 heteroatoms. The molecule has 0 aliphatic carbocycles. The number of nitrogens with one attached hydrogen (secondary N) is 2. The Morgan fingerprint density at radius 1 is 0.963 bits per heavy atom. The van der Waals surface area contributed by atoms with Gasteiger partial charge in [-0.15, -0.1) is 0 Å². The Bertz CT molecular complexity index is 509. The Balaban J connectivity index is 4.82. The van der Waals surface area contributed by atoms with E-state index in [0.29, 0.717) is 0 Å². The van der Waals surface area contributed by atoms with Crippen molar-refractivity contribution in [2.45, 2.75) is 49.0 Å². The summed E-state index contributed by atoms with van der Waals surface area (Å²) in [6.45, 7) is -1.02. The van der Waals surface area contributed by atoms with Gasteiger partial charge in [0, 0.05) is 13.0 Å². The summed E-state index contributed by atoms with van der Waals surface area (Å²) in [5.41, 5.74) is 20.8. The van der Waals surface area contributed by atoms with E-state index in [1.807, 2.05) is 10.6 Å². The van der Waals surface area contributed by atoms with E-state index in [1.54, 1.807) is 0 Å². The highest BCUT2D eigenvalue weighted by atomic mass is 16.3. The van der Waals surface area contributed by atoms with Crippen LogP contribution in [0.25, 0.3) is 0 Å². The molecule has 4 amide bonds. The van der Waals surface area contributed by atoms with Gasteiger partial charge in [-0.2, -0.15) is 0 Å². The monoisotopic (exact) mass is 396 g/mol. The van der Waals surface area contributed by atoms with Crippen LogP contribution in [0.5, 0.6) is 0 Å². The highest BCUT2D eigenvalue weighted by Crippen LogP contribution is 2.10. The summed E-state index contributed by atoms with van der Waals surface area (Å²) < 4.78 is 0. The molecule has 0 aromatic heterocycles. The zero-order valence-corrected chi connectivity index (χ0v) is 14.4. The van der Waals surface area contributed by atoms with Gasteiger partial charge in [0.25, 0.3) is 5.91 Å². The molecule has 15 N–H and O–H groups in total. The maximum atomic E-state index is 11.9. The molecule has 7 atom stereocenters. The Kier molecular flexibility index (Phi) is 10.7. The largest absolute Gasteiger partial charge is 0.395 e. The maximum absolute atomic E-state index is 11.9. The number of aliphatic hydroxyl groups excluding tert-OH is 5. The van der Waals surface area contributed by atoms with Crippen LogP contribution in [0, 0.1) is 0 Å². The van der Waals surface area contributed by atoms with Gasteiger partial charge in [0.15, 0.2) is 6.10 Å². The van der Waals surface area contributed by atoms with Crippen LogP contribution in [0.3, 0.4) is 0 Å². The molecule has 0 rings (SSSR count). The van der Waals surface area contributed by atoms with Crippen molar-refractivity contribution in [1.29, 1.82) is 0 Å². The predicted octanol–water partition coefficient (Wildman–Crippen LogP) is -6.89. The molecule has 158 valence electrons. The molecule has 0 spiro atoms. The average Bonchev–Trinajstić information content (AvgIpc) is 2.61. The second-order valence-corrected chi connectivity index (χ2v) is 5.94. The molecular formula is C13H28N6O8. The minimum Gasteiger partial charge on any atom is -0.395 e. The smallest absolute Gasteiger partial charge is 0.312 e. The quantitative estimate of drug-likeness (QED) is 0.148. The zero-order valence-electron chi connectivity index (χ0n) is 14.4. The number of urea groups is 1. The maximum Gasteiger partial charge on any atom is 0.312 e. The van der Waals surface area contributed by atoms with E-state index in [1.165, 1.54) is 0 Å². The molecular weight excluding hydrogens is 368 g/mol. The first-order valence-corrected chi connectivity index (χ1v) is 7.89. The summed E-state index contributed by atoms with van der Waals surface area (Å²) in [5.74, 6) is -2.31. The normalized spacial score (nSPS) is 19.1. The molecule has 0 aliphatic heterocycles. The summed E-state index contributed by atoms with van der Waals surface area (Å²) in [5, 5.41) is 52.2. The third-order valence-electron chi connectivity index (χ3n) is 3.76. The molecule has 14 nitrogen and oxygen atoms in total. The molecule has 0 aliphatic rings. The van der Waals surface area contributed by atoms with E-state index in [9.17, 15) is 34.8 Å². The number of aliphatic hydroxyl groups is 5. The van der Waals surface area contributed by atoms with E-state index >= 15 is 0 Å². The van der Waals surface area contributed by atoms with E-state index in [4.69, 9.17) is 28.0 Å². The first-order chi connectivity index (χ1) is 12.4. The van der Waals surface area contributed by atoms with Crippen LogP contribution in [-0.4, -0.2) is 99.1 Å². The van der Waals surface area contributed by atoms with Crippen molar-refractivity contribution >= 4 is 17.8 Å². The predicted molar refractivity (Wildman–Crippen MR) is 90.4 cm³/mol. The fraction of sp³-hybridized carbons (Fsp3) is 0.769. The highest BCUT2D eigenvalue weighted by molar-refractivity contribution is 5.89. The van der Waals surface area contributed by atoms with Crippen LogP contribution in [0.1, 0.15) is 6.42 Å². The SMILES string of the molecule is NC(=O)NC[C@@H](NC(=O)[C@H](O)[C@@H](O)[C@@H](N)[C@@H](O)C[C@@H](O)[C@@H](N)CO)C(N)=O. The number of carbonyl (C=O) groups is 3. The second-order valence-electron chi connectivity index (χ2n) is 5.94. The number of primary amides is 2. The zero-order chi connectivity index (χ0) is 21.3. The van der Waals surface area contributed by atoms with Crippen LogP contribution in [0.4, 0.5) is 4.79 Å². The fourth-order valence-electron chi connectivity index (χ4n) is 1.98. The summed E-state index contributed by atoms with van der Waals surface area (Å²) in [6.07, 6.45) is -7.54. The van der Waals surface area contributed by atoms with Crippen LogP contribution in [-0.2, 0) is 9.59 Å². The van der Waals surface area contributed by atoms with Crippen LogP contribution >= 0.6 is 0 Å². The Labute approximate surface area is 154 Å². The molecule has 0 radical (unpaired) electrons. The topological polar surface area (TPSA) is 280 Å². The van der Waals surface area contributed by atoms with E-state index in [2.05, 4.69) is 0 Å². The number of hydrogen-bond acceptors (Lipinski definition) is 10. The summed E-state index contributed by atoms with van der Waals surface area (Å²) >= 11 is 0. The van der Waals surface area contributed by atoms with Gasteiger partial charge in [0.05, 0.1) is 30.9 Å². The molecule has 27 heavy (non-hydrogen) atoms. The van der Waals surface area contributed by atoms with Gasteiger partial charge in [-0.3, -0.25) is 9.59 Å². The van der Waals surface area contributed by atoms with Crippen molar-refractivity contribution in [1.82, 2.24) is 10.6 Å². The van der Waals surface area contributed by atoms with Crippen LogP contribution < -0.4 is 33.6 Å². The van der Waals surface area contributed by atoms with E-state index in [-0.39, 0.29) is 0 Å². The number of amides is 4. The molecule has 0 unspecified atom stereocenters. The fourth-order valence-corrected chi connectivity index (χ4v) is 1.98. The molecule has 0 bridgehead atoms. The third kappa shape index (κ3) is 8.44. The minimum atomic E-state index is -2.17. The van der Waals surface area contributed by atoms with Gasteiger partial charge in [-0.05, 0) is 0 Å². The number of carbonyl (C=O) groups excluding carboxylic acids is 3. The molecule has 0 saturated heterocycles. The molecule has 0 heterocycles. The van der Waals surface area contributed by atoms with E-state index in [0.717, 1.165) is 0 Å². The Morgan fingerprint density at radius 3 is 1.96 bits per heavy atom. The summed E-state index contributed by atoms with van der Waals surface area (Å²) in [7, 11) is 0. The lowest BCUT2D eigenvalue weighted by Gasteiger charge is -2.29. The molecule has 0 aromatic carbocycles.